The Labute approximate surface area is 120 Å². The molecule has 0 heterocycles. The first kappa shape index (κ1) is 12.8. The average molecular weight is 276 g/mol. The molecule has 4 saturated carbocycles. The summed E-state index contributed by atoms with van der Waals surface area (Å²) in [5.74, 6) is 1.19. The number of hydrogen-bond acceptors (Lipinski definition) is 3. The Bertz CT molecular complexity index is 512. The van der Waals surface area contributed by atoms with E-state index >= 15 is 0 Å². The zero-order valence-electron chi connectivity index (χ0n) is 12.7. The van der Waals surface area contributed by atoms with Gasteiger partial charge < -0.3 is 4.74 Å². The summed E-state index contributed by atoms with van der Waals surface area (Å²) in [6.45, 7) is 4.64. The van der Waals surface area contributed by atoms with Crippen molar-refractivity contribution in [2.45, 2.75) is 52.4 Å². The molecule has 6 atom stereocenters. The molecule has 4 aliphatic carbocycles. The summed E-state index contributed by atoms with van der Waals surface area (Å²) in [4.78, 5) is 24.7. The Morgan fingerprint density at radius 2 is 1.95 bits per heavy atom. The van der Waals surface area contributed by atoms with E-state index in [2.05, 4.69) is 13.8 Å². The molecule has 3 heteroatoms. The van der Waals surface area contributed by atoms with Gasteiger partial charge in [-0.05, 0) is 54.3 Å². The minimum absolute atomic E-state index is 0.00137. The van der Waals surface area contributed by atoms with E-state index in [-0.39, 0.29) is 34.1 Å². The average Bonchev–Trinajstić information content (AvgIpc) is 3.00. The van der Waals surface area contributed by atoms with Crippen LogP contribution < -0.4 is 0 Å². The highest BCUT2D eigenvalue weighted by atomic mass is 16.5. The molecule has 4 fully saturated rings. The molecule has 20 heavy (non-hydrogen) atoms. The van der Waals surface area contributed by atoms with E-state index in [1.54, 1.807) is 0 Å². The molecule has 0 aromatic rings. The molecule has 0 bridgehead atoms. The van der Waals surface area contributed by atoms with E-state index < -0.39 is 0 Å². The van der Waals surface area contributed by atoms with Crippen LogP contribution in [0.15, 0.2) is 0 Å². The summed E-state index contributed by atoms with van der Waals surface area (Å²) in [6, 6.07) is 0. The number of carbonyl (C=O) groups excluding carboxylic acids is 2. The lowest BCUT2D eigenvalue weighted by Crippen LogP contribution is -2.43. The standard InChI is InChI=1S/C17H24O3/c1-15-9-12-13(18)8-10-4-6-17(15,16(10,12)2)7-5-11(15)14(19)20-3/h10-12H,4-9H2,1-3H3/t10-,11?,12+,15+,16-,17?/m0/s1. The quantitative estimate of drug-likeness (QED) is 0.692. The fourth-order valence-electron chi connectivity index (χ4n) is 7.26. The van der Waals surface area contributed by atoms with Crippen molar-refractivity contribution >= 4 is 11.8 Å². The van der Waals surface area contributed by atoms with Crippen molar-refractivity contribution in [1.82, 2.24) is 0 Å². The zero-order valence-corrected chi connectivity index (χ0v) is 12.7. The van der Waals surface area contributed by atoms with Crippen molar-refractivity contribution in [2.24, 2.45) is 34.0 Å². The molecule has 1 spiro atoms. The van der Waals surface area contributed by atoms with Gasteiger partial charge in [0.1, 0.15) is 5.78 Å². The van der Waals surface area contributed by atoms with Gasteiger partial charge in [0.2, 0.25) is 0 Å². The molecular formula is C17H24O3. The third-order valence-corrected chi connectivity index (χ3v) is 8.19. The second-order valence-corrected chi connectivity index (χ2v) is 8.06. The van der Waals surface area contributed by atoms with Crippen molar-refractivity contribution in [3.63, 3.8) is 0 Å². The van der Waals surface area contributed by atoms with E-state index in [4.69, 9.17) is 4.74 Å². The Morgan fingerprint density at radius 3 is 2.65 bits per heavy atom. The Hall–Kier alpha value is -0.860. The second kappa shape index (κ2) is 3.48. The highest BCUT2D eigenvalue weighted by Crippen LogP contribution is 2.83. The lowest BCUT2D eigenvalue weighted by atomic mass is 9.57. The number of hydrogen-bond donors (Lipinski definition) is 0. The fraction of sp³-hybridized carbons (Fsp3) is 0.882. The van der Waals surface area contributed by atoms with E-state index in [1.165, 1.54) is 20.0 Å². The van der Waals surface area contributed by atoms with E-state index in [1.807, 2.05) is 0 Å². The maximum absolute atomic E-state index is 12.5. The van der Waals surface area contributed by atoms with Gasteiger partial charge in [-0.25, -0.2) is 0 Å². The van der Waals surface area contributed by atoms with E-state index in [0.717, 1.165) is 25.7 Å². The Kier molecular flexibility index (Phi) is 2.23. The topological polar surface area (TPSA) is 43.4 Å². The van der Waals surface area contributed by atoms with Crippen LogP contribution in [0.1, 0.15) is 52.4 Å². The van der Waals surface area contributed by atoms with Gasteiger partial charge in [-0.2, -0.15) is 0 Å². The molecular weight excluding hydrogens is 252 g/mol. The maximum Gasteiger partial charge on any atom is 0.309 e. The van der Waals surface area contributed by atoms with E-state index in [0.29, 0.717) is 11.7 Å². The van der Waals surface area contributed by atoms with Gasteiger partial charge in [0, 0.05) is 12.3 Å². The van der Waals surface area contributed by atoms with E-state index in [9.17, 15) is 9.59 Å². The lowest BCUT2D eigenvalue weighted by Gasteiger charge is -2.46. The SMILES string of the molecule is COC(=O)C1CCC23CC[C@H]4CC(=O)[C@@H](C[C@]12C)[C@]43C. The van der Waals surface area contributed by atoms with Crippen LogP contribution in [0.4, 0.5) is 0 Å². The molecule has 0 aromatic carbocycles. The monoisotopic (exact) mass is 276 g/mol. The number of Topliss-reactive ketones (excluding diaryl/α,β-unsaturated/α-hetero) is 1. The van der Waals surface area contributed by atoms with Gasteiger partial charge in [0.25, 0.3) is 0 Å². The number of methoxy groups -OCH3 is 1. The molecule has 0 radical (unpaired) electrons. The minimum atomic E-state index is -0.0520. The molecule has 0 saturated heterocycles. The van der Waals surface area contributed by atoms with Crippen molar-refractivity contribution < 1.29 is 14.3 Å². The van der Waals surface area contributed by atoms with Crippen LogP contribution in [0.2, 0.25) is 0 Å². The number of ether oxygens (including phenoxy) is 1. The molecule has 4 rings (SSSR count). The summed E-state index contributed by atoms with van der Waals surface area (Å²) in [5, 5.41) is 0. The zero-order chi connectivity index (χ0) is 14.3. The molecule has 3 nitrogen and oxygen atoms in total. The van der Waals surface area contributed by atoms with Crippen LogP contribution >= 0.6 is 0 Å². The largest absolute Gasteiger partial charge is 0.469 e. The molecule has 0 aliphatic heterocycles. The van der Waals surface area contributed by atoms with Crippen LogP contribution in [-0.4, -0.2) is 18.9 Å². The highest BCUT2D eigenvalue weighted by Gasteiger charge is 2.79. The number of carbonyl (C=O) groups is 2. The summed E-state index contributed by atoms with van der Waals surface area (Å²) >= 11 is 0. The van der Waals surface area contributed by atoms with Gasteiger partial charge >= 0.3 is 5.97 Å². The summed E-state index contributed by atoms with van der Waals surface area (Å²) in [5.41, 5.74) is 0.340. The van der Waals surface area contributed by atoms with Crippen LogP contribution in [0.25, 0.3) is 0 Å². The molecule has 110 valence electrons. The molecule has 0 amide bonds. The third-order valence-electron chi connectivity index (χ3n) is 8.19. The number of rotatable bonds is 1. The first-order chi connectivity index (χ1) is 9.40. The summed E-state index contributed by atoms with van der Waals surface area (Å²) in [6.07, 6.45) is 6.16. The first-order valence-electron chi connectivity index (χ1n) is 8.01. The van der Waals surface area contributed by atoms with Gasteiger partial charge in [0.15, 0.2) is 0 Å². The van der Waals surface area contributed by atoms with Crippen molar-refractivity contribution in [2.75, 3.05) is 7.11 Å². The first-order valence-corrected chi connectivity index (χ1v) is 8.01. The van der Waals surface area contributed by atoms with Crippen molar-refractivity contribution in [1.29, 1.82) is 0 Å². The van der Waals surface area contributed by atoms with Crippen LogP contribution in [0, 0.1) is 34.0 Å². The molecule has 4 aliphatic rings. The normalized spacial score (nSPS) is 56.0. The van der Waals surface area contributed by atoms with Crippen LogP contribution in [0.3, 0.4) is 0 Å². The second-order valence-electron chi connectivity index (χ2n) is 8.06. The molecule has 2 unspecified atom stereocenters. The van der Waals surface area contributed by atoms with Crippen LogP contribution in [-0.2, 0) is 14.3 Å². The Morgan fingerprint density at radius 1 is 1.25 bits per heavy atom. The maximum atomic E-state index is 12.5. The third kappa shape index (κ3) is 1.02. The number of ketones is 1. The van der Waals surface area contributed by atoms with Crippen molar-refractivity contribution in [3.05, 3.63) is 0 Å². The van der Waals surface area contributed by atoms with Gasteiger partial charge in [-0.15, -0.1) is 0 Å². The minimum Gasteiger partial charge on any atom is -0.469 e. The highest BCUT2D eigenvalue weighted by molar-refractivity contribution is 5.87. The van der Waals surface area contributed by atoms with Gasteiger partial charge in [-0.1, -0.05) is 13.8 Å². The fourth-order valence-corrected chi connectivity index (χ4v) is 7.26. The predicted molar refractivity (Wildman–Crippen MR) is 73.8 cm³/mol. The smallest absolute Gasteiger partial charge is 0.309 e. The van der Waals surface area contributed by atoms with Crippen molar-refractivity contribution in [3.8, 4) is 0 Å². The predicted octanol–water partition coefficient (Wildman–Crippen LogP) is 2.97. The Balaban J connectivity index is 1.85. The van der Waals surface area contributed by atoms with Gasteiger partial charge in [0.05, 0.1) is 13.0 Å². The van der Waals surface area contributed by atoms with Gasteiger partial charge in [-0.3, -0.25) is 9.59 Å². The van der Waals surface area contributed by atoms with Crippen LogP contribution in [0.5, 0.6) is 0 Å². The summed E-state index contributed by atoms with van der Waals surface area (Å²) < 4.78 is 5.07. The molecule has 0 N–H and O–H groups in total. The molecule has 0 aromatic heterocycles. The number of esters is 1. The summed E-state index contributed by atoms with van der Waals surface area (Å²) in [7, 11) is 1.50. The lowest BCUT2D eigenvalue weighted by molar-refractivity contribution is -0.151.